The Morgan fingerprint density at radius 3 is 2.26 bits per heavy atom. The molecule has 0 radical (unpaired) electrons. The van der Waals surface area contributed by atoms with Crippen LogP contribution in [0.5, 0.6) is 5.75 Å². The summed E-state index contributed by atoms with van der Waals surface area (Å²) >= 11 is 0. The van der Waals surface area contributed by atoms with Crippen LogP contribution in [0.3, 0.4) is 0 Å². The molecule has 4 rings (SSSR count). The lowest BCUT2D eigenvalue weighted by Crippen LogP contribution is -2.23. The van der Waals surface area contributed by atoms with Gasteiger partial charge in [0.15, 0.2) is 6.10 Å². The Balaban J connectivity index is 1.45. The number of rotatable bonds is 9. The molecule has 4 aromatic rings. The zero-order valence-electron chi connectivity index (χ0n) is 21.5. The smallest absolute Gasteiger partial charge is 0.414 e. The molecule has 0 fully saturated rings. The summed E-state index contributed by atoms with van der Waals surface area (Å²) in [6.45, 7) is 4.90. The number of hydrogen-bond donors (Lipinski definition) is 3. The number of aryl methyl sites for hydroxylation is 1. The van der Waals surface area contributed by atoms with Crippen molar-refractivity contribution in [3.8, 4) is 16.9 Å². The zero-order valence-corrected chi connectivity index (χ0v) is 21.5. The molecule has 0 aliphatic rings. The number of amides is 2. The van der Waals surface area contributed by atoms with Crippen LogP contribution in [0.15, 0.2) is 83.4 Å². The molecular formula is C29H27N3O7. The van der Waals surface area contributed by atoms with Gasteiger partial charge in [0.25, 0.3) is 5.91 Å². The average molecular weight is 530 g/mol. The number of nitrogens with one attached hydrogen (secondary N) is 2. The summed E-state index contributed by atoms with van der Waals surface area (Å²) in [5.41, 5.74) is 3.28. The van der Waals surface area contributed by atoms with Gasteiger partial charge in [-0.15, -0.1) is 0 Å². The molecule has 10 nitrogen and oxygen atoms in total. The van der Waals surface area contributed by atoms with Crippen molar-refractivity contribution >= 4 is 29.5 Å². The lowest BCUT2D eigenvalue weighted by Gasteiger charge is -2.15. The first-order valence-electron chi connectivity index (χ1n) is 12.1. The first-order valence-corrected chi connectivity index (χ1v) is 12.1. The van der Waals surface area contributed by atoms with E-state index in [1.54, 1.807) is 62.4 Å². The van der Waals surface area contributed by atoms with E-state index in [1.165, 1.54) is 6.92 Å². The Morgan fingerprint density at radius 1 is 0.897 bits per heavy atom. The number of carbonyl (C=O) groups is 3. The first-order chi connectivity index (χ1) is 18.7. The van der Waals surface area contributed by atoms with Gasteiger partial charge >= 0.3 is 12.1 Å². The molecule has 1 aromatic heterocycles. The van der Waals surface area contributed by atoms with Gasteiger partial charge in [-0.3, -0.25) is 10.1 Å². The second-order valence-electron chi connectivity index (χ2n) is 8.68. The van der Waals surface area contributed by atoms with Gasteiger partial charge in [0.05, 0.1) is 16.9 Å². The van der Waals surface area contributed by atoms with Crippen LogP contribution in [0.25, 0.3) is 11.1 Å². The molecule has 39 heavy (non-hydrogen) atoms. The number of aliphatic carboxylic acids is 1. The predicted molar refractivity (Wildman–Crippen MR) is 144 cm³/mol. The van der Waals surface area contributed by atoms with Crippen molar-refractivity contribution in [2.45, 2.75) is 33.0 Å². The number of carboxylic acid groups (broad SMARTS) is 1. The highest BCUT2D eigenvalue weighted by molar-refractivity contribution is 6.05. The largest absolute Gasteiger partial charge is 0.479 e. The summed E-state index contributed by atoms with van der Waals surface area (Å²) in [4.78, 5) is 36.6. The van der Waals surface area contributed by atoms with E-state index in [9.17, 15) is 14.4 Å². The molecule has 3 N–H and O–H groups in total. The van der Waals surface area contributed by atoms with Crippen LogP contribution >= 0.6 is 0 Å². The quantitative estimate of drug-likeness (QED) is 0.238. The number of ether oxygens (including phenoxy) is 2. The number of aromatic nitrogens is 1. The third kappa shape index (κ3) is 6.61. The molecule has 0 bridgehead atoms. The summed E-state index contributed by atoms with van der Waals surface area (Å²) in [7, 11) is 0. The molecule has 2 amide bonds. The van der Waals surface area contributed by atoms with Gasteiger partial charge < -0.3 is 24.4 Å². The molecule has 2 atom stereocenters. The standard InChI is InChI=1S/C29H27N3O7/c1-17-25(27(39-32-17)31-29(36)38-18(2)20-9-5-4-6-10-20)21-13-15-22(16-14-21)26(33)30-23-11-7-8-12-24(23)37-19(3)28(34)35/h4-16,18-19H,1-3H3,(H,30,33)(H,31,36)(H,34,35). The molecule has 0 aliphatic carbocycles. The molecule has 0 spiro atoms. The molecule has 0 saturated heterocycles. The number of carboxylic acids is 1. The summed E-state index contributed by atoms with van der Waals surface area (Å²) in [5, 5.41) is 18.4. The van der Waals surface area contributed by atoms with Crippen LogP contribution in [0.2, 0.25) is 0 Å². The third-order valence-electron chi connectivity index (χ3n) is 5.85. The zero-order chi connectivity index (χ0) is 27.9. The summed E-state index contributed by atoms with van der Waals surface area (Å²) < 4.78 is 16.2. The van der Waals surface area contributed by atoms with Crippen LogP contribution in [-0.4, -0.2) is 34.3 Å². The second kappa shape index (κ2) is 12.0. The van der Waals surface area contributed by atoms with Crippen molar-refractivity contribution in [3.63, 3.8) is 0 Å². The van der Waals surface area contributed by atoms with E-state index in [4.69, 9.17) is 19.1 Å². The van der Waals surface area contributed by atoms with E-state index in [1.807, 2.05) is 30.3 Å². The van der Waals surface area contributed by atoms with Gasteiger partial charge in [0.1, 0.15) is 11.9 Å². The minimum Gasteiger partial charge on any atom is -0.479 e. The summed E-state index contributed by atoms with van der Waals surface area (Å²) in [5.74, 6) is -1.18. The maximum atomic E-state index is 12.9. The monoisotopic (exact) mass is 529 g/mol. The summed E-state index contributed by atoms with van der Waals surface area (Å²) in [6.07, 6.45) is -2.26. The van der Waals surface area contributed by atoms with Crippen molar-refractivity contribution in [2.75, 3.05) is 10.6 Å². The molecule has 1 heterocycles. The molecule has 0 saturated carbocycles. The minimum atomic E-state index is -1.12. The van der Waals surface area contributed by atoms with Crippen molar-refractivity contribution < 1.29 is 33.5 Å². The van der Waals surface area contributed by atoms with E-state index in [0.717, 1.165) is 5.56 Å². The molecular weight excluding hydrogens is 502 g/mol. The second-order valence-corrected chi connectivity index (χ2v) is 8.68. The summed E-state index contributed by atoms with van der Waals surface area (Å²) in [6, 6.07) is 22.5. The third-order valence-corrected chi connectivity index (χ3v) is 5.85. The van der Waals surface area contributed by atoms with E-state index < -0.39 is 30.2 Å². The van der Waals surface area contributed by atoms with Crippen molar-refractivity contribution in [1.82, 2.24) is 5.16 Å². The van der Waals surface area contributed by atoms with E-state index in [0.29, 0.717) is 28.1 Å². The van der Waals surface area contributed by atoms with E-state index in [-0.39, 0.29) is 11.6 Å². The van der Waals surface area contributed by atoms with Crippen LogP contribution in [0.1, 0.15) is 41.6 Å². The Kier molecular flexibility index (Phi) is 8.25. The fourth-order valence-corrected chi connectivity index (χ4v) is 3.77. The average Bonchev–Trinajstić information content (AvgIpc) is 3.29. The van der Waals surface area contributed by atoms with Gasteiger partial charge in [-0.2, -0.15) is 0 Å². The van der Waals surface area contributed by atoms with E-state index >= 15 is 0 Å². The minimum absolute atomic E-state index is 0.119. The molecule has 3 aromatic carbocycles. The Labute approximate surface area is 224 Å². The lowest BCUT2D eigenvalue weighted by atomic mass is 10.0. The van der Waals surface area contributed by atoms with E-state index in [2.05, 4.69) is 15.8 Å². The van der Waals surface area contributed by atoms with Crippen LogP contribution in [-0.2, 0) is 9.53 Å². The highest BCUT2D eigenvalue weighted by atomic mass is 16.6. The maximum absolute atomic E-state index is 12.9. The number of hydrogen-bond acceptors (Lipinski definition) is 7. The Bertz CT molecular complexity index is 1470. The lowest BCUT2D eigenvalue weighted by molar-refractivity contribution is -0.144. The van der Waals surface area contributed by atoms with Crippen LogP contribution in [0, 0.1) is 6.92 Å². The first kappa shape index (κ1) is 26.9. The molecule has 200 valence electrons. The van der Waals surface area contributed by atoms with Crippen molar-refractivity contribution in [2.24, 2.45) is 0 Å². The normalized spacial score (nSPS) is 12.2. The van der Waals surface area contributed by atoms with Crippen LogP contribution in [0.4, 0.5) is 16.4 Å². The molecule has 10 heteroatoms. The van der Waals surface area contributed by atoms with Gasteiger partial charge in [-0.1, -0.05) is 59.8 Å². The topological polar surface area (TPSA) is 140 Å². The Morgan fingerprint density at radius 2 is 1.56 bits per heavy atom. The number of para-hydroxylation sites is 2. The highest BCUT2D eigenvalue weighted by Crippen LogP contribution is 2.32. The maximum Gasteiger partial charge on any atom is 0.414 e. The van der Waals surface area contributed by atoms with Gasteiger partial charge in [-0.25, -0.2) is 9.59 Å². The van der Waals surface area contributed by atoms with Crippen molar-refractivity contribution in [1.29, 1.82) is 0 Å². The van der Waals surface area contributed by atoms with Gasteiger partial charge in [0, 0.05) is 5.56 Å². The van der Waals surface area contributed by atoms with Crippen LogP contribution < -0.4 is 15.4 Å². The molecule has 0 aliphatic heterocycles. The highest BCUT2D eigenvalue weighted by Gasteiger charge is 2.21. The number of benzene rings is 3. The number of nitrogens with zero attached hydrogens (tertiary/aromatic N) is 1. The fraction of sp³-hybridized carbons (Fsp3) is 0.172. The fourth-order valence-electron chi connectivity index (χ4n) is 3.77. The predicted octanol–water partition coefficient (Wildman–Crippen LogP) is 6.06. The number of carbonyl (C=O) groups excluding carboxylic acids is 2. The van der Waals surface area contributed by atoms with Gasteiger partial charge in [0.2, 0.25) is 5.88 Å². The van der Waals surface area contributed by atoms with Gasteiger partial charge in [-0.05, 0) is 56.2 Å². The van der Waals surface area contributed by atoms with Crippen molar-refractivity contribution in [3.05, 3.63) is 95.7 Å². The SMILES string of the molecule is Cc1noc(NC(=O)OC(C)c2ccccc2)c1-c1ccc(C(=O)Nc2ccccc2OC(C)C(=O)O)cc1. The molecule has 2 unspecified atom stereocenters. The number of anilines is 2. The Hall–Kier alpha value is -5.12.